The second kappa shape index (κ2) is 3.50. The number of aliphatic hydroxyl groups is 2. The van der Waals surface area contributed by atoms with E-state index >= 15 is 0 Å². The van der Waals surface area contributed by atoms with Crippen molar-refractivity contribution in [3.05, 3.63) is 24.3 Å². The first-order valence-corrected chi connectivity index (χ1v) is 5.18. The van der Waals surface area contributed by atoms with Gasteiger partial charge in [0.25, 0.3) is 0 Å². The Balaban J connectivity index is 2.25. The van der Waals surface area contributed by atoms with E-state index in [0.717, 1.165) is 36.1 Å². The maximum Gasteiger partial charge on any atom is 0.140 e. The van der Waals surface area contributed by atoms with Gasteiger partial charge in [0.2, 0.25) is 0 Å². The molecule has 0 aromatic carbocycles. The Morgan fingerprint density at radius 1 is 1.64 bits per heavy atom. The summed E-state index contributed by atoms with van der Waals surface area (Å²) in [6, 6.07) is 0.123. The summed E-state index contributed by atoms with van der Waals surface area (Å²) in [4.78, 5) is 0. The Labute approximate surface area is 84.6 Å². The van der Waals surface area contributed by atoms with Crippen LogP contribution in [0.3, 0.4) is 0 Å². The zero-order valence-electron chi connectivity index (χ0n) is 8.39. The third kappa shape index (κ3) is 1.24. The van der Waals surface area contributed by atoms with E-state index in [1.165, 1.54) is 0 Å². The van der Waals surface area contributed by atoms with E-state index in [1.54, 1.807) is 0 Å². The first kappa shape index (κ1) is 9.90. The molecule has 3 nitrogen and oxygen atoms in total. The fourth-order valence-corrected chi connectivity index (χ4v) is 2.97. The Morgan fingerprint density at radius 2 is 2.43 bits per heavy atom. The van der Waals surface area contributed by atoms with E-state index in [0.29, 0.717) is 0 Å². The van der Waals surface area contributed by atoms with E-state index in [9.17, 15) is 10.2 Å². The normalized spacial score (nSPS) is 40.9. The van der Waals surface area contributed by atoms with Crippen LogP contribution >= 0.6 is 0 Å². The van der Waals surface area contributed by atoms with Crippen LogP contribution in [0.1, 0.15) is 6.42 Å². The first-order valence-electron chi connectivity index (χ1n) is 5.18. The minimum absolute atomic E-state index is 0.0822. The number of fused-ring (bicyclic) bond motifs is 1. The highest BCUT2D eigenvalue weighted by Gasteiger charge is 2.51. The molecule has 0 spiro atoms. The molecule has 2 aliphatic rings. The van der Waals surface area contributed by atoms with E-state index in [4.69, 9.17) is 0 Å². The van der Waals surface area contributed by atoms with Gasteiger partial charge in [-0.2, -0.15) is 0 Å². The first-order chi connectivity index (χ1) is 6.73. The molecule has 0 aromatic heterocycles. The van der Waals surface area contributed by atoms with Crippen molar-refractivity contribution >= 4 is 0 Å². The highest BCUT2D eigenvalue weighted by molar-refractivity contribution is 5.18. The maximum absolute atomic E-state index is 9.89. The van der Waals surface area contributed by atoms with E-state index < -0.39 is 0 Å². The average Bonchev–Trinajstić information content (AvgIpc) is 2.67. The number of nitrogens with zero attached hydrogens (tertiary/aromatic N) is 1. The molecule has 78 valence electrons. The summed E-state index contributed by atoms with van der Waals surface area (Å²) >= 11 is 0. The molecule has 2 heterocycles. The van der Waals surface area contributed by atoms with Gasteiger partial charge in [-0.1, -0.05) is 6.58 Å². The third-order valence-corrected chi connectivity index (χ3v) is 3.60. The van der Waals surface area contributed by atoms with Crippen molar-refractivity contribution in [1.82, 2.24) is 0 Å². The van der Waals surface area contributed by atoms with Crippen molar-refractivity contribution in [2.24, 2.45) is 0 Å². The van der Waals surface area contributed by atoms with Crippen LogP contribution in [-0.4, -0.2) is 53.1 Å². The Morgan fingerprint density at radius 3 is 3.07 bits per heavy atom. The van der Waals surface area contributed by atoms with Crippen LogP contribution in [0.2, 0.25) is 0 Å². The largest absolute Gasteiger partial charge is 0.392 e. The van der Waals surface area contributed by atoms with Gasteiger partial charge in [-0.05, 0) is 12.2 Å². The van der Waals surface area contributed by atoms with Crippen LogP contribution in [0, 0.1) is 0 Å². The van der Waals surface area contributed by atoms with Crippen molar-refractivity contribution in [3.8, 4) is 0 Å². The smallest absolute Gasteiger partial charge is 0.140 e. The van der Waals surface area contributed by atoms with Crippen molar-refractivity contribution in [1.29, 1.82) is 0 Å². The fraction of sp³-hybridized carbons (Fsp3) is 0.636. The predicted molar refractivity (Wildman–Crippen MR) is 54.6 cm³/mol. The summed E-state index contributed by atoms with van der Waals surface area (Å²) in [5, 5.41) is 19.1. The van der Waals surface area contributed by atoms with E-state index in [1.807, 2.05) is 6.08 Å². The summed E-state index contributed by atoms with van der Waals surface area (Å²) in [5.74, 6) is 0. The Hall–Kier alpha value is -0.640. The second-order valence-electron chi connectivity index (χ2n) is 4.33. The van der Waals surface area contributed by atoms with Gasteiger partial charge in [-0.25, -0.2) is 0 Å². The maximum atomic E-state index is 9.89. The molecule has 2 rings (SSSR count). The van der Waals surface area contributed by atoms with Gasteiger partial charge in [-0.3, -0.25) is 0 Å². The minimum atomic E-state index is -0.282. The lowest BCUT2D eigenvalue weighted by molar-refractivity contribution is -0.920. The molecule has 2 aliphatic heterocycles. The van der Waals surface area contributed by atoms with Crippen LogP contribution in [0.25, 0.3) is 0 Å². The topological polar surface area (TPSA) is 40.5 Å². The number of aliphatic hydroxyl groups excluding tert-OH is 2. The van der Waals surface area contributed by atoms with Gasteiger partial charge in [0.1, 0.15) is 12.1 Å². The van der Waals surface area contributed by atoms with Crippen LogP contribution in [0.4, 0.5) is 0 Å². The summed E-state index contributed by atoms with van der Waals surface area (Å²) in [6.07, 6.45) is 4.56. The third-order valence-electron chi connectivity index (χ3n) is 3.60. The molecule has 2 N–H and O–H groups in total. The van der Waals surface area contributed by atoms with Gasteiger partial charge in [-0.15, -0.1) is 0 Å². The monoisotopic (exact) mass is 196 g/mol. The molecule has 0 amide bonds. The standard InChI is InChI=1S/C11H18NO2/c1-2-5-12-6-3-9(8-13)11(12)10(14)4-7-12/h2-3,10-11,13-14H,1,4-8H2/q+1/t10-,11+,12?/m1/s1. The molecule has 3 atom stereocenters. The van der Waals surface area contributed by atoms with Crippen molar-refractivity contribution < 1.29 is 14.7 Å². The van der Waals surface area contributed by atoms with Crippen LogP contribution < -0.4 is 0 Å². The molecule has 1 fully saturated rings. The van der Waals surface area contributed by atoms with Crippen molar-refractivity contribution in [2.75, 3.05) is 26.2 Å². The quantitative estimate of drug-likeness (QED) is 0.495. The Kier molecular flexibility index (Phi) is 2.47. The Bertz CT molecular complexity index is 274. The van der Waals surface area contributed by atoms with E-state index in [2.05, 4.69) is 12.7 Å². The SMILES string of the molecule is C=CC[N+]12CC=C(CO)[C@H]1[C@H](O)CC2. The van der Waals surface area contributed by atoms with Crippen molar-refractivity contribution in [2.45, 2.75) is 18.6 Å². The molecule has 0 radical (unpaired) electrons. The zero-order chi connectivity index (χ0) is 10.2. The molecule has 14 heavy (non-hydrogen) atoms. The molecular formula is C11H18NO2+. The number of rotatable bonds is 3. The molecule has 0 aromatic rings. The summed E-state index contributed by atoms with van der Waals surface area (Å²) < 4.78 is 0.876. The fourth-order valence-electron chi connectivity index (χ4n) is 2.97. The highest BCUT2D eigenvalue weighted by Crippen LogP contribution is 2.36. The lowest BCUT2D eigenvalue weighted by Gasteiger charge is -2.35. The van der Waals surface area contributed by atoms with Gasteiger partial charge >= 0.3 is 0 Å². The number of hydrogen-bond donors (Lipinski definition) is 2. The summed E-state index contributed by atoms with van der Waals surface area (Å²) in [7, 11) is 0. The lowest BCUT2D eigenvalue weighted by atomic mass is 10.0. The molecule has 1 saturated heterocycles. The van der Waals surface area contributed by atoms with Gasteiger partial charge in [0, 0.05) is 12.0 Å². The van der Waals surface area contributed by atoms with Crippen molar-refractivity contribution in [3.63, 3.8) is 0 Å². The van der Waals surface area contributed by atoms with E-state index in [-0.39, 0.29) is 18.8 Å². The van der Waals surface area contributed by atoms with Crippen LogP contribution in [0.15, 0.2) is 24.3 Å². The number of quaternary nitrogens is 1. The van der Waals surface area contributed by atoms with Gasteiger partial charge < -0.3 is 14.7 Å². The molecule has 0 aliphatic carbocycles. The zero-order valence-corrected chi connectivity index (χ0v) is 8.39. The van der Waals surface area contributed by atoms with Gasteiger partial charge in [0.05, 0.1) is 26.2 Å². The van der Waals surface area contributed by atoms with Crippen LogP contribution in [0.5, 0.6) is 0 Å². The summed E-state index contributed by atoms with van der Waals surface area (Å²) in [5.41, 5.74) is 1.01. The second-order valence-corrected chi connectivity index (χ2v) is 4.33. The molecule has 3 heteroatoms. The molecule has 0 saturated carbocycles. The highest BCUT2D eigenvalue weighted by atomic mass is 16.3. The predicted octanol–water partition coefficient (Wildman–Crippen LogP) is 0.0547. The summed E-state index contributed by atoms with van der Waals surface area (Å²) in [6.45, 7) is 6.68. The molecule has 1 unspecified atom stereocenters. The van der Waals surface area contributed by atoms with Gasteiger partial charge in [0.15, 0.2) is 0 Å². The molecular weight excluding hydrogens is 178 g/mol. The number of hydrogen-bond acceptors (Lipinski definition) is 2. The lowest BCUT2D eigenvalue weighted by Crippen LogP contribution is -2.51. The molecule has 0 bridgehead atoms. The van der Waals surface area contributed by atoms with Crippen LogP contribution in [-0.2, 0) is 0 Å². The average molecular weight is 196 g/mol. The minimum Gasteiger partial charge on any atom is -0.392 e.